The predicted molar refractivity (Wildman–Crippen MR) is 81.3 cm³/mol. The van der Waals surface area contributed by atoms with E-state index < -0.39 is 13.9 Å². The third kappa shape index (κ3) is 2.89. The number of ether oxygens (including phenoxy) is 1. The highest BCUT2D eigenvalue weighted by molar-refractivity contribution is 6.69. The van der Waals surface area contributed by atoms with Gasteiger partial charge in [0.05, 0.1) is 0 Å². The number of aromatic nitrogens is 3. The van der Waals surface area contributed by atoms with Crippen molar-refractivity contribution in [3.05, 3.63) is 11.6 Å². The first-order valence-corrected chi connectivity index (χ1v) is 10.9. The Bertz CT molecular complexity index is 552. The maximum Gasteiger partial charge on any atom is 0.334 e. The Labute approximate surface area is 127 Å². The molecule has 0 saturated heterocycles. The first kappa shape index (κ1) is 16.2. The molecule has 1 aromatic heterocycles. The maximum atomic E-state index is 12.2. The second-order valence-electron chi connectivity index (χ2n) is 6.79. The molecule has 118 valence electrons. The summed E-state index contributed by atoms with van der Waals surface area (Å²) in [6, 6.07) is 0. The van der Waals surface area contributed by atoms with Gasteiger partial charge in [-0.25, -0.2) is 14.5 Å². The third-order valence-corrected chi connectivity index (χ3v) is 4.85. The molecule has 7 heteroatoms. The van der Waals surface area contributed by atoms with E-state index in [1.54, 1.807) is 4.68 Å². The van der Waals surface area contributed by atoms with E-state index in [4.69, 9.17) is 9.16 Å². The van der Waals surface area contributed by atoms with Gasteiger partial charge in [-0.1, -0.05) is 6.92 Å². The number of carbonyl (C=O) groups is 1. The number of nitrogens with zero attached hydrogens (tertiary/aromatic N) is 3. The van der Waals surface area contributed by atoms with Crippen molar-refractivity contribution in [2.24, 2.45) is 0 Å². The number of fused-ring (bicyclic) bond motifs is 1. The summed E-state index contributed by atoms with van der Waals surface area (Å²) in [5.74, 6) is 1.07. The highest BCUT2D eigenvalue weighted by Crippen LogP contribution is 2.34. The van der Waals surface area contributed by atoms with Crippen LogP contribution in [0.3, 0.4) is 0 Å². The van der Waals surface area contributed by atoms with E-state index in [0.29, 0.717) is 18.1 Å². The fourth-order valence-electron chi connectivity index (χ4n) is 2.44. The molecule has 1 aromatic rings. The van der Waals surface area contributed by atoms with Gasteiger partial charge in [0, 0.05) is 0 Å². The zero-order valence-corrected chi connectivity index (χ0v) is 14.9. The van der Waals surface area contributed by atoms with E-state index in [1.807, 2.05) is 27.7 Å². The third-order valence-electron chi connectivity index (χ3n) is 3.79. The SMILES string of the molecule is CCC1(C)C(=O)OC(C)c2nc(C(C)O[Si](C)(C)C)nn21. The molecule has 3 unspecified atom stereocenters. The van der Waals surface area contributed by atoms with Gasteiger partial charge in [-0.05, 0) is 46.8 Å². The molecule has 0 saturated carbocycles. The predicted octanol–water partition coefficient (Wildman–Crippen LogP) is 2.93. The van der Waals surface area contributed by atoms with Crippen LogP contribution < -0.4 is 0 Å². The summed E-state index contributed by atoms with van der Waals surface area (Å²) < 4.78 is 13.2. The van der Waals surface area contributed by atoms with Gasteiger partial charge in [0.15, 0.2) is 31.6 Å². The van der Waals surface area contributed by atoms with Crippen LogP contribution in [0.1, 0.15) is 58.0 Å². The van der Waals surface area contributed by atoms with Crippen molar-refractivity contribution in [1.82, 2.24) is 14.8 Å². The number of hydrogen-bond acceptors (Lipinski definition) is 5. The van der Waals surface area contributed by atoms with Crippen molar-refractivity contribution in [2.75, 3.05) is 0 Å². The van der Waals surface area contributed by atoms with Crippen LogP contribution in [-0.4, -0.2) is 29.1 Å². The molecule has 0 radical (unpaired) electrons. The average molecular weight is 311 g/mol. The Morgan fingerprint density at radius 3 is 2.62 bits per heavy atom. The molecule has 0 fully saturated rings. The molecule has 2 rings (SSSR count). The molecule has 6 nitrogen and oxygen atoms in total. The Balaban J connectivity index is 2.41. The van der Waals surface area contributed by atoms with E-state index in [2.05, 4.69) is 29.7 Å². The average Bonchev–Trinajstić information content (AvgIpc) is 2.80. The highest BCUT2D eigenvalue weighted by atomic mass is 28.4. The monoisotopic (exact) mass is 311 g/mol. The van der Waals surface area contributed by atoms with Gasteiger partial charge in [-0.3, -0.25) is 0 Å². The van der Waals surface area contributed by atoms with Gasteiger partial charge in [0.25, 0.3) is 0 Å². The molecule has 0 aliphatic carbocycles. The van der Waals surface area contributed by atoms with E-state index in [1.165, 1.54) is 0 Å². The molecule has 3 atom stereocenters. The molecule has 0 bridgehead atoms. The minimum absolute atomic E-state index is 0.182. The first-order chi connectivity index (χ1) is 9.58. The molecule has 1 aliphatic rings. The van der Waals surface area contributed by atoms with Crippen LogP contribution in [0.2, 0.25) is 19.6 Å². The number of carbonyl (C=O) groups excluding carboxylic acids is 1. The van der Waals surface area contributed by atoms with Gasteiger partial charge in [-0.2, -0.15) is 5.10 Å². The summed E-state index contributed by atoms with van der Waals surface area (Å²) in [6.07, 6.45) is 0.0491. The van der Waals surface area contributed by atoms with Crippen LogP contribution in [0.5, 0.6) is 0 Å². The van der Waals surface area contributed by atoms with Crippen molar-refractivity contribution in [3.8, 4) is 0 Å². The molecule has 2 heterocycles. The lowest BCUT2D eigenvalue weighted by molar-refractivity contribution is -0.165. The molecular weight excluding hydrogens is 286 g/mol. The van der Waals surface area contributed by atoms with Crippen LogP contribution in [0, 0.1) is 0 Å². The molecule has 1 aliphatic heterocycles. The molecule has 0 N–H and O–H groups in total. The van der Waals surface area contributed by atoms with Crippen molar-refractivity contribution < 1.29 is 14.0 Å². The Kier molecular flexibility index (Phi) is 4.01. The standard InChI is InChI=1S/C14H25N3O3Si/c1-8-14(4)13(18)19-10(3)12-15-11(16-17(12)14)9(2)20-21(5,6)7/h9-10H,8H2,1-7H3. The van der Waals surface area contributed by atoms with Gasteiger partial charge in [0.2, 0.25) is 0 Å². The van der Waals surface area contributed by atoms with Crippen LogP contribution in [0.15, 0.2) is 0 Å². The summed E-state index contributed by atoms with van der Waals surface area (Å²) in [5.41, 5.74) is -0.786. The lowest BCUT2D eigenvalue weighted by Gasteiger charge is -2.34. The summed E-state index contributed by atoms with van der Waals surface area (Å²) in [5, 5.41) is 4.56. The summed E-state index contributed by atoms with van der Waals surface area (Å²) >= 11 is 0. The van der Waals surface area contributed by atoms with E-state index >= 15 is 0 Å². The van der Waals surface area contributed by atoms with Crippen LogP contribution in [-0.2, 0) is 19.5 Å². The number of cyclic esters (lactones) is 1. The van der Waals surface area contributed by atoms with Crippen molar-refractivity contribution in [1.29, 1.82) is 0 Å². The van der Waals surface area contributed by atoms with Crippen LogP contribution >= 0.6 is 0 Å². The summed E-state index contributed by atoms with van der Waals surface area (Å²) in [4.78, 5) is 16.8. The largest absolute Gasteiger partial charge is 0.453 e. The van der Waals surface area contributed by atoms with Gasteiger partial charge in [0.1, 0.15) is 6.10 Å². The molecule has 0 spiro atoms. The first-order valence-electron chi connectivity index (χ1n) is 7.44. The lowest BCUT2D eigenvalue weighted by Crippen LogP contribution is -2.46. The minimum Gasteiger partial charge on any atom is -0.453 e. The molecule has 21 heavy (non-hydrogen) atoms. The van der Waals surface area contributed by atoms with Gasteiger partial charge < -0.3 is 9.16 Å². The number of rotatable bonds is 4. The second kappa shape index (κ2) is 5.21. The van der Waals surface area contributed by atoms with Crippen LogP contribution in [0.4, 0.5) is 0 Å². The van der Waals surface area contributed by atoms with Crippen LogP contribution in [0.25, 0.3) is 0 Å². The summed E-state index contributed by atoms with van der Waals surface area (Å²) in [7, 11) is -1.68. The molecular formula is C14H25N3O3Si. The molecule has 0 amide bonds. The van der Waals surface area contributed by atoms with Gasteiger partial charge in [-0.15, -0.1) is 0 Å². The zero-order valence-electron chi connectivity index (χ0n) is 13.9. The topological polar surface area (TPSA) is 66.2 Å². The Hall–Kier alpha value is -1.21. The highest BCUT2D eigenvalue weighted by Gasteiger charge is 2.45. The fourth-order valence-corrected chi connectivity index (χ4v) is 3.61. The normalized spacial score (nSPS) is 27.2. The second-order valence-corrected chi connectivity index (χ2v) is 11.2. The number of hydrogen-bond donors (Lipinski definition) is 0. The smallest absolute Gasteiger partial charge is 0.334 e. The zero-order chi connectivity index (χ0) is 16.0. The van der Waals surface area contributed by atoms with Crippen molar-refractivity contribution in [3.63, 3.8) is 0 Å². The number of esters is 1. The summed E-state index contributed by atoms with van der Waals surface area (Å²) in [6.45, 7) is 14.0. The maximum absolute atomic E-state index is 12.2. The van der Waals surface area contributed by atoms with Crippen molar-refractivity contribution >= 4 is 14.3 Å². The van der Waals surface area contributed by atoms with Gasteiger partial charge >= 0.3 is 5.97 Å². The van der Waals surface area contributed by atoms with Crippen molar-refractivity contribution in [2.45, 2.75) is 71.5 Å². The minimum atomic E-state index is -1.68. The van der Waals surface area contributed by atoms with E-state index in [0.717, 1.165) is 0 Å². The van der Waals surface area contributed by atoms with E-state index in [9.17, 15) is 4.79 Å². The van der Waals surface area contributed by atoms with E-state index in [-0.39, 0.29) is 18.2 Å². The molecule has 0 aromatic carbocycles. The fraction of sp³-hybridized carbons (Fsp3) is 0.786. The Morgan fingerprint density at radius 2 is 2.10 bits per heavy atom. The quantitative estimate of drug-likeness (QED) is 0.632. The Morgan fingerprint density at radius 1 is 1.48 bits per heavy atom. The lowest BCUT2D eigenvalue weighted by atomic mass is 9.97.